The molecule has 0 unspecified atom stereocenters. The van der Waals surface area contributed by atoms with Gasteiger partial charge in [-0.05, 0) is 28.8 Å². The number of hydrogen-bond acceptors (Lipinski definition) is 2. The first kappa shape index (κ1) is 13.2. The molecule has 0 aromatic carbocycles. The van der Waals surface area contributed by atoms with Gasteiger partial charge in [0, 0.05) is 31.1 Å². The standard InChI is InChI=1S/C14H20BrN3O/c1-10(19)17-8-7-13-12(9-17)14(15)16-18(13)11-5-3-2-4-6-11/h11H,2-9H2,1H3. The van der Waals surface area contributed by atoms with Crippen LogP contribution >= 0.6 is 15.9 Å². The molecule has 0 spiro atoms. The van der Waals surface area contributed by atoms with Crippen LogP contribution in [0.1, 0.15) is 56.3 Å². The summed E-state index contributed by atoms with van der Waals surface area (Å²) in [6.07, 6.45) is 7.42. The lowest BCUT2D eigenvalue weighted by atomic mass is 9.95. The predicted molar refractivity (Wildman–Crippen MR) is 76.8 cm³/mol. The molecule has 1 aromatic heterocycles. The zero-order valence-electron chi connectivity index (χ0n) is 11.4. The van der Waals surface area contributed by atoms with Gasteiger partial charge in [-0.3, -0.25) is 9.48 Å². The van der Waals surface area contributed by atoms with E-state index in [-0.39, 0.29) is 5.91 Å². The van der Waals surface area contributed by atoms with Crippen molar-refractivity contribution in [2.45, 2.75) is 58.0 Å². The molecule has 1 amide bonds. The summed E-state index contributed by atoms with van der Waals surface area (Å²) in [5.74, 6) is 0.156. The molecular weight excluding hydrogens is 306 g/mol. The molecule has 0 bridgehead atoms. The second kappa shape index (κ2) is 5.27. The number of carbonyl (C=O) groups is 1. The fourth-order valence-corrected chi connectivity index (χ4v) is 3.83. The molecule has 1 aromatic rings. The van der Waals surface area contributed by atoms with Crippen molar-refractivity contribution >= 4 is 21.8 Å². The van der Waals surface area contributed by atoms with Crippen LogP contribution in [0.3, 0.4) is 0 Å². The van der Waals surface area contributed by atoms with E-state index in [1.54, 1.807) is 6.92 Å². The zero-order chi connectivity index (χ0) is 13.4. The molecule has 4 nitrogen and oxygen atoms in total. The van der Waals surface area contributed by atoms with E-state index < -0.39 is 0 Å². The zero-order valence-corrected chi connectivity index (χ0v) is 12.9. The number of aromatic nitrogens is 2. The topological polar surface area (TPSA) is 38.1 Å². The summed E-state index contributed by atoms with van der Waals surface area (Å²) < 4.78 is 3.18. The molecule has 2 heterocycles. The van der Waals surface area contributed by atoms with Gasteiger partial charge in [0.2, 0.25) is 5.91 Å². The Balaban J connectivity index is 1.89. The van der Waals surface area contributed by atoms with Crippen molar-refractivity contribution in [2.75, 3.05) is 6.54 Å². The minimum atomic E-state index is 0.156. The monoisotopic (exact) mass is 325 g/mol. The molecule has 0 N–H and O–H groups in total. The van der Waals surface area contributed by atoms with Crippen LogP contribution < -0.4 is 0 Å². The summed E-state index contributed by atoms with van der Waals surface area (Å²) >= 11 is 3.58. The molecular formula is C14H20BrN3O. The molecule has 1 saturated carbocycles. The van der Waals surface area contributed by atoms with Crippen LogP contribution in [-0.2, 0) is 17.8 Å². The van der Waals surface area contributed by atoms with Crippen LogP contribution in [-0.4, -0.2) is 27.1 Å². The number of nitrogens with zero attached hydrogens (tertiary/aromatic N) is 3. The van der Waals surface area contributed by atoms with Crippen molar-refractivity contribution in [1.29, 1.82) is 0 Å². The Morgan fingerprint density at radius 3 is 2.74 bits per heavy atom. The highest BCUT2D eigenvalue weighted by atomic mass is 79.9. The molecule has 3 rings (SSSR count). The van der Waals surface area contributed by atoms with Gasteiger partial charge in [0.25, 0.3) is 0 Å². The predicted octanol–water partition coefficient (Wildman–Crippen LogP) is 3.06. The number of amides is 1. The van der Waals surface area contributed by atoms with E-state index in [9.17, 15) is 4.79 Å². The molecule has 1 aliphatic heterocycles. The van der Waals surface area contributed by atoms with E-state index in [2.05, 4.69) is 20.6 Å². The van der Waals surface area contributed by atoms with Crippen LogP contribution in [0.15, 0.2) is 4.60 Å². The van der Waals surface area contributed by atoms with E-state index in [0.29, 0.717) is 12.6 Å². The second-order valence-corrected chi connectivity index (χ2v) is 6.39. The highest BCUT2D eigenvalue weighted by molar-refractivity contribution is 9.10. The van der Waals surface area contributed by atoms with Crippen LogP contribution in [0.5, 0.6) is 0 Å². The fourth-order valence-electron chi connectivity index (χ4n) is 3.30. The molecule has 0 radical (unpaired) electrons. The normalized spacial score (nSPS) is 20.4. The van der Waals surface area contributed by atoms with Crippen molar-refractivity contribution in [1.82, 2.24) is 14.7 Å². The third kappa shape index (κ3) is 2.45. The van der Waals surface area contributed by atoms with Crippen LogP contribution in [0.25, 0.3) is 0 Å². The molecule has 0 saturated heterocycles. The van der Waals surface area contributed by atoms with Gasteiger partial charge in [0.1, 0.15) is 4.60 Å². The summed E-state index contributed by atoms with van der Waals surface area (Å²) in [6.45, 7) is 3.18. The quantitative estimate of drug-likeness (QED) is 0.795. The van der Waals surface area contributed by atoms with Crippen LogP contribution in [0, 0.1) is 0 Å². The largest absolute Gasteiger partial charge is 0.338 e. The van der Waals surface area contributed by atoms with Gasteiger partial charge >= 0.3 is 0 Å². The van der Waals surface area contributed by atoms with Gasteiger partial charge in [-0.25, -0.2) is 0 Å². The van der Waals surface area contributed by atoms with E-state index in [0.717, 1.165) is 17.6 Å². The summed E-state index contributed by atoms with van der Waals surface area (Å²) in [5.41, 5.74) is 2.56. The van der Waals surface area contributed by atoms with Gasteiger partial charge in [0.05, 0.1) is 12.6 Å². The molecule has 104 valence electrons. The average Bonchev–Trinajstić information content (AvgIpc) is 2.77. The lowest BCUT2D eigenvalue weighted by Crippen LogP contribution is -2.35. The van der Waals surface area contributed by atoms with Crippen molar-refractivity contribution in [3.05, 3.63) is 15.9 Å². The maximum absolute atomic E-state index is 11.5. The van der Waals surface area contributed by atoms with Gasteiger partial charge in [-0.2, -0.15) is 5.10 Å². The molecule has 19 heavy (non-hydrogen) atoms. The van der Waals surface area contributed by atoms with Crippen molar-refractivity contribution < 1.29 is 4.79 Å². The summed E-state index contributed by atoms with van der Waals surface area (Å²) in [5, 5.41) is 4.71. The highest BCUT2D eigenvalue weighted by Gasteiger charge is 2.28. The first-order valence-electron chi connectivity index (χ1n) is 7.18. The summed E-state index contributed by atoms with van der Waals surface area (Å²) in [4.78, 5) is 13.4. The van der Waals surface area contributed by atoms with Gasteiger partial charge in [-0.15, -0.1) is 0 Å². The Morgan fingerprint density at radius 2 is 2.05 bits per heavy atom. The van der Waals surface area contributed by atoms with Crippen molar-refractivity contribution in [2.24, 2.45) is 0 Å². The van der Waals surface area contributed by atoms with Gasteiger partial charge < -0.3 is 4.90 Å². The lowest BCUT2D eigenvalue weighted by molar-refractivity contribution is -0.129. The lowest BCUT2D eigenvalue weighted by Gasteiger charge is -2.29. The minimum Gasteiger partial charge on any atom is -0.338 e. The third-order valence-corrected chi connectivity index (χ3v) is 5.04. The number of fused-ring (bicyclic) bond motifs is 1. The van der Waals surface area contributed by atoms with Crippen LogP contribution in [0.4, 0.5) is 0 Å². The number of rotatable bonds is 1. The summed E-state index contributed by atoms with van der Waals surface area (Å²) in [7, 11) is 0. The summed E-state index contributed by atoms with van der Waals surface area (Å²) in [6, 6.07) is 0.567. The SMILES string of the molecule is CC(=O)N1CCc2c(c(Br)nn2C2CCCCC2)C1. The van der Waals surface area contributed by atoms with E-state index in [4.69, 9.17) is 5.10 Å². The Morgan fingerprint density at radius 1 is 1.32 bits per heavy atom. The average molecular weight is 326 g/mol. The second-order valence-electron chi connectivity index (χ2n) is 5.64. The highest BCUT2D eigenvalue weighted by Crippen LogP contribution is 2.34. The molecule has 5 heteroatoms. The Labute approximate surface area is 122 Å². The maximum atomic E-state index is 11.5. The number of carbonyl (C=O) groups excluding carboxylic acids is 1. The Hall–Kier alpha value is -0.840. The third-order valence-electron chi connectivity index (χ3n) is 4.40. The Bertz CT molecular complexity index is 491. The van der Waals surface area contributed by atoms with E-state index in [1.807, 2.05) is 4.90 Å². The first-order valence-corrected chi connectivity index (χ1v) is 7.97. The first-order chi connectivity index (χ1) is 9.16. The van der Waals surface area contributed by atoms with Crippen molar-refractivity contribution in [3.63, 3.8) is 0 Å². The molecule has 0 atom stereocenters. The molecule has 1 fully saturated rings. The van der Waals surface area contributed by atoms with E-state index in [1.165, 1.54) is 43.4 Å². The smallest absolute Gasteiger partial charge is 0.219 e. The minimum absolute atomic E-state index is 0.156. The van der Waals surface area contributed by atoms with Gasteiger partial charge in [-0.1, -0.05) is 19.3 Å². The fraction of sp³-hybridized carbons (Fsp3) is 0.714. The Kier molecular flexibility index (Phi) is 3.65. The van der Waals surface area contributed by atoms with Crippen molar-refractivity contribution in [3.8, 4) is 0 Å². The molecule has 1 aliphatic carbocycles. The molecule has 2 aliphatic rings. The maximum Gasteiger partial charge on any atom is 0.219 e. The number of halogens is 1. The number of hydrogen-bond donors (Lipinski definition) is 0. The van der Waals surface area contributed by atoms with E-state index >= 15 is 0 Å². The van der Waals surface area contributed by atoms with Crippen LogP contribution in [0.2, 0.25) is 0 Å². The van der Waals surface area contributed by atoms with Gasteiger partial charge in [0.15, 0.2) is 0 Å².